The molecule has 0 radical (unpaired) electrons. The lowest BCUT2D eigenvalue weighted by Gasteiger charge is -2.40. The topological polar surface area (TPSA) is 52.6 Å². The summed E-state index contributed by atoms with van der Waals surface area (Å²) in [5, 5.41) is 12.4. The number of anilines is 2. The summed E-state index contributed by atoms with van der Waals surface area (Å²) in [6.45, 7) is 0.761. The Morgan fingerprint density at radius 1 is 1.41 bits per heavy atom. The highest BCUT2D eigenvalue weighted by molar-refractivity contribution is 6.00. The Morgan fingerprint density at radius 3 is 2.82 bits per heavy atom. The molecule has 1 spiro atoms. The van der Waals surface area contributed by atoms with Gasteiger partial charge in [0.1, 0.15) is 5.75 Å². The van der Waals surface area contributed by atoms with Gasteiger partial charge in [0.05, 0.1) is 16.8 Å². The van der Waals surface area contributed by atoms with Crippen LogP contribution in [0.1, 0.15) is 19.3 Å². The molecule has 17 heavy (non-hydrogen) atoms. The molecular weight excluding hydrogens is 216 g/mol. The van der Waals surface area contributed by atoms with E-state index in [0.717, 1.165) is 31.5 Å². The lowest BCUT2D eigenvalue weighted by molar-refractivity contribution is -0.129. The van der Waals surface area contributed by atoms with E-state index in [1.54, 1.807) is 12.1 Å². The molecule has 1 aliphatic heterocycles. The maximum atomic E-state index is 12.2. The van der Waals surface area contributed by atoms with E-state index in [9.17, 15) is 9.90 Å². The minimum atomic E-state index is -0.219. The highest BCUT2D eigenvalue weighted by Crippen LogP contribution is 2.46. The fourth-order valence-corrected chi connectivity index (χ4v) is 2.81. The molecule has 1 saturated carbocycles. The lowest BCUT2D eigenvalue weighted by Crippen LogP contribution is -2.47. The summed E-state index contributed by atoms with van der Waals surface area (Å²) in [5.74, 6) is 0.280. The molecule has 1 aromatic carbocycles. The largest absolute Gasteiger partial charge is 0.508 e. The molecule has 2 N–H and O–H groups in total. The van der Waals surface area contributed by atoms with Gasteiger partial charge in [0.25, 0.3) is 0 Å². The van der Waals surface area contributed by atoms with Gasteiger partial charge in [-0.25, -0.2) is 0 Å². The highest BCUT2D eigenvalue weighted by atomic mass is 16.3. The molecule has 0 aromatic heterocycles. The molecular formula is C13H16N2O2. The van der Waals surface area contributed by atoms with Crippen molar-refractivity contribution in [2.75, 3.05) is 23.8 Å². The number of carbonyl (C=O) groups excluding carboxylic acids is 1. The monoisotopic (exact) mass is 232 g/mol. The molecule has 1 amide bonds. The van der Waals surface area contributed by atoms with Crippen LogP contribution in [-0.4, -0.2) is 24.6 Å². The lowest BCUT2D eigenvalue weighted by atomic mass is 9.68. The predicted molar refractivity (Wildman–Crippen MR) is 66.3 cm³/mol. The van der Waals surface area contributed by atoms with Crippen LogP contribution in [0.3, 0.4) is 0 Å². The van der Waals surface area contributed by atoms with Gasteiger partial charge in [-0.15, -0.1) is 0 Å². The Morgan fingerprint density at radius 2 is 2.18 bits per heavy atom. The molecule has 0 atom stereocenters. The van der Waals surface area contributed by atoms with Gasteiger partial charge >= 0.3 is 0 Å². The number of phenols is 1. The van der Waals surface area contributed by atoms with Crippen LogP contribution < -0.4 is 10.2 Å². The molecule has 0 unspecified atom stereocenters. The van der Waals surface area contributed by atoms with Gasteiger partial charge in [-0.2, -0.15) is 0 Å². The van der Waals surface area contributed by atoms with E-state index in [-0.39, 0.29) is 17.1 Å². The average molecular weight is 232 g/mol. The van der Waals surface area contributed by atoms with E-state index < -0.39 is 0 Å². The Bertz CT molecular complexity index is 480. The Hall–Kier alpha value is -1.71. The van der Waals surface area contributed by atoms with Crippen molar-refractivity contribution in [2.24, 2.45) is 5.41 Å². The van der Waals surface area contributed by atoms with Crippen LogP contribution >= 0.6 is 0 Å². The standard InChI is InChI=1S/C13H16N2O2/c1-15-8-13(5-2-6-13)12(17)14-10-7-9(16)3-4-11(10)15/h3-4,7,16H,2,5-6,8H2,1H3,(H,14,17). The summed E-state index contributed by atoms with van der Waals surface area (Å²) in [6.07, 6.45) is 3.05. The zero-order valence-corrected chi connectivity index (χ0v) is 9.86. The number of phenolic OH excluding ortho intramolecular Hbond substituents is 1. The molecule has 3 rings (SSSR count). The van der Waals surface area contributed by atoms with Gasteiger partial charge in [0.2, 0.25) is 5.91 Å². The van der Waals surface area contributed by atoms with Gasteiger partial charge in [-0.1, -0.05) is 6.42 Å². The highest BCUT2D eigenvalue weighted by Gasteiger charge is 2.46. The summed E-state index contributed by atoms with van der Waals surface area (Å²) in [4.78, 5) is 14.3. The maximum Gasteiger partial charge on any atom is 0.232 e. The zero-order chi connectivity index (χ0) is 12.0. The number of nitrogens with one attached hydrogen (secondary N) is 1. The van der Waals surface area contributed by atoms with Gasteiger partial charge in [-0.05, 0) is 25.0 Å². The number of fused-ring (bicyclic) bond motifs is 1. The van der Waals surface area contributed by atoms with Crippen LogP contribution in [-0.2, 0) is 4.79 Å². The van der Waals surface area contributed by atoms with E-state index in [0.29, 0.717) is 5.69 Å². The third-order valence-electron chi connectivity index (χ3n) is 3.97. The molecule has 1 fully saturated rings. The third kappa shape index (κ3) is 1.47. The second-order valence-corrected chi connectivity index (χ2v) is 5.15. The van der Waals surface area contributed by atoms with Crippen LogP contribution in [0.25, 0.3) is 0 Å². The van der Waals surface area contributed by atoms with Gasteiger partial charge < -0.3 is 15.3 Å². The van der Waals surface area contributed by atoms with Crippen molar-refractivity contribution >= 4 is 17.3 Å². The molecule has 4 nitrogen and oxygen atoms in total. The average Bonchev–Trinajstić information content (AvgIpc) is 2.32. The smallest absolute Gasteiger partial charge is 0.232 e. The predicted octanol–water partition coefficient (Wildman–Crippen LogP) is 1.95. The van der Waals surface area contributed by atoms with Crippen LogP contribution in [0.2, 0.25) is 0 Å². The van der Waals surface area contributed by atoms with E-state index in [4.69, 9.17) is 0 Å². The number of amides is 1. The molecule has 0 bridgehead atoms. The summed E-state index contributed by atoms with van der Waals surface area (Å²) in [7, 11) is 2.00. The summed E-state index contributed by atoms with van der Waals surface area (Å²) >= 11 is 0. The van der Waals surface area contributed by atoms with Crippen molar-refractivity contribution in [3.63, 3.8) is 0 Å². The van der Waals surface area contributed by atoms with E-state index in [2.05, 4.69) is 10.2 Å². The second kappa shape index (κ2) is 3.39. The van der Waals surface area contributed by atoms with Gasteiger partial charge in [0.15, 0.2) is 0 Å². The van der Waals surface area contributed by atoms with Crippen molar-refractivity contribution in [3.05, 3.63) is 18.2 Å². The fraction of sp³-hybridized carbons (Fsp3) is 0.462. The van der Waals surface area contributed by atoms with E-state index >= 15 is 0 Å². The summed E-state index contributed by atoms with van der Waals surface area (Å²) in [5.41, 5.74) is 1.46. The first-order chi connectivity index (χ1) is 8.11. The third-order valence-corrected chi connectivity index (χ3v) is 3.97. The molecule has 0 saturated heterocycles. The summed E-state index contributed by atoms with van der Waals surface area (Å²) in [6, 6.07) is 5.12. The van der Waals surface area contributed by atoms with E-state index in [1.807, 2.05) is 13.1 Å². The minimum absolute atomic E-state index is 0.0972. The van der Waals surface area contributed by atoms with Crippen LogP contribution in [0.4, 0.5) is 11.4 Å². The molecule has 1 aliphatic carbocycles. The number of hydrogen-bond acceptors (Lipinski definition) is 3. The summed E-state index contributed by atoms with van der Waals surface area (Å²) < 4.78 is 0. The van der Waals surface area contributed by atoms with Gasteiger partial charge in [0, 0.05) is 19.7 Å². The zero-order valence-electron chi connectivity index (χ0n) is 9.86. The first kappa shape index (κ1) is 10.4. The van der Waals surface area contributed by atoms with Crippen molar-refractivity contribution in [1.29, 1.82) is 0 Å². The van der Waals surface area contributed by atoms with Crippen LogP contribution in [0, 0.1) is 5.41 Å². The quantitative estimate of drug-likeness (QED) is 0.719. The van der Waals surface area contributed by atoms with Gasteiger partial charge in [-0.3, -0.25) is 4.79 Å². The maximum absolute atomic E-state index is 12.2. The molecule has 2 aliphatic rings. The second-order valence-electron chi connectivity index (χ2n) is 5.15. The van der Waals surface area contributed by atoms with E-state index in [1.165, 1.54) is 0 Å². The normalized spacial score (nSPS) is 21.5. The SMILES string of the molecule is CN1CC2(CCC2)C(=O)Nc2cc(O)ccc21. The van der Waals surface area contributed by atoms with Crippen LogP contribution in [0.15, 0.2) is 18.2 Å². The molecule has 1 heterocycles. The Balaban J connectivity index is 2.03. The van der Waals surface area contributed by atoms with Crippen LogP contribution in [0.5, 0.6) is 5.75 Å². The number of hydrogen-bond donors (Lipinski definition) is 2. The number of nitrogens with zero attached hydrogens (tertiary/aromatic N) is 1. The molecule has 1 aromatic rings. The van der Waals surface area contributed by atoms with Crippen molar-refractivity contribution in [1.82, 2.24) is 0 Å². The number of benzene rings is 1. The van der Waals surface area contributed by atoms with Crippen molar-refractivity contribution < 1.29 is 9.90 Å². The number of carbonyl (C=O) groups is 1. The van der Waals surface area contributed by atoms with Crippen molar-refractivity contribution in [2.45, 2.75) is 19.3 Å². The minimum Gasteiger partial charge on any atom is -0.508 e. The molecule has 4 heteroatoms. The number of aromatic hydroxyl groups is 1. The number of rotatable bonds is 0. The molecule has 90 valence electrons. The fourth-order valence-electron chi connectivity index (χ4n) is 2.81. The van der Waals surface area contributed by atoms with Crippen molar-refractivity contribution in [3.8, 4) is 5.75 Å². The first-order valence-corrected chi connectivity index (χ1v) is 5.96. The Labute approximate surface area is 100 Å². The Kier molecular flexibility index (Phi) is 2.08. The first-order valence-electron chi connectivity index (χ1n) is 5.96.